The Morgan fingerprint density at radius 3 is 2.79 bits per heavy atom. The summed E-state index contributed by atoms with van der Waals surface area (Å²) >= 11 is 0. The van der Waals surface area contributed by atoms with Crippen LogP contribution >= 0.6 is 0 Å². The summed E-state index contributed by atoms with van der Waals surface area (Å²) in [4.78, 5) is 5.33. The second-order valence-electron chi connectivity index (χ2n) is 6.39. The van der Waals surface area contributed by atoms with Gasteiger partial charge in [0.2, 0.25) is 0 Å². The van der Waals surface area contributed by atoms with E-state index in [2.05, 4.69) is 15.1 Å². The minimum Gasteiger partial charge on any atom is -0.379 e. The van der Waals surface area contributed by atoms with Crippen molar-refractivity contribution in [3.05, 3.63) is 0 Å². The topological polar surface area (TPSA) is 27.7 Å². The van der Waals surface area contributed by atoms with Gasteiger partial charge in [-0.1, -0.05) is 0 Å². The first-order chi connectivity index (χ1) is 9.42. The summed E-state index contributed by atoms with van der Waals surface area (Å²) in [6, 6.07) is 0.803. The quantitative estimate of drug-likeness (QED) is 0.797. The summed E-state index contributed by atoms with van der Waals surface area (Å²) in [6.45, 7) is 10.6. The molecule has 1 N–H and O–H groups in total. The maximum Gasteiger partial charge on any atom is 0.0594 e. The molecule has 0 spiro atoms. The Morgan fingerprint density at radius 1 is 1.11 bits per heavy atom. The van der Waals surface area contributed by atoms with Crippen LogP contribution in [0.1, 0.15) is 25.7 Å². The summed E-state index contributed by atoms with van der Waals surface area (Å²) in [5, 5.41) is 3.47. The molecule has 3 fully saturated rings. The van der Waals surface area contributed by atoms with Crippen LogP contribution in [0.3, 0.4) is 0 Å². The highest BCUT2D eigenvalue weighted by molar-refractivity contribution is 4.84. The van der Waals surface area contributed by atoms with E-state index in [1.54, 1.807) is 0 Å². The molecule has 3 aliphatic rings. The van der Waals surface area contributed by atoms with Crippen LogP contribution in [0, 0.1) is 5.92 Å². The molecule has 4 heteroatoms. The fourth-order valence-electron chi connectivity index (χ4n) is 3.82. The van der Waals surface area contributed by atoms with Crippen LogP contribution in [0.25, 0.3) is 0 Å². The van der Waals surface area contributed by atoms with E-state index in [4.69, 9.17) is 4.74 Å². The van der Waals surface area contributed by atoms with Crippen LogP contribution in [0.4, 0.5) is 0 Å². The summed E-state index contributed by atoms with van der Waals surface area (Å²) < 4.78 is 5.45. The first-order valence-corrected chi connectivity index (χ1v) is 8.17. The van der Waals surface area contributed by atoms with Crippen molar-refractivity contribution in [3.63, 3.8) is 0 Å². The van der Waals surface area contributed by atoms with Gasteiger partial charge in [-0.15, -0.1) is 0 Å². The van der Waals surface area contributed by atoms with Crippen molar-refractivity contribution in [1.82, 2.24) is 15.1 Å². The van der Waals surface area contributed by atoms with Crippen molar-refractivity contribution in [2.24, 2.45) is 5.92 Å². The predicted octanol–water partition coefficient (Wildman–Crippen LogP) is 0.783. The molecule has 3 aliphatic heterocycles. The van der Waals surface area contributed by atoms with Crippen LogP contribution in [-0.4, -0.2) is 74.9 Å². The lowest BCUT2D eigenvalue weighted by Gasteiger charge is -2.32. The number of likely N-dealkylation sites (tertiary alicyclic amines) is 1. The van der Waals surface area contributed by atoms with Crippen molar-refractivity contribution in [3.8, 4) is 0 Å². The molecule has 0 radical (unpaired) electrons. The molecule has 2 atom stereocenters. The average molecular weight is 267 g/mol. The average Bonchev–Trinajstić information content (AvgIpc) is 3.11. The lowest BCUT2D eigenvalue weighted by molar-refractivity contribution is 0.0185. The van der Waals surface area contributed by atoms with Crippen LogP contribution in [0.5, 0.6) is 0 Å². The highest BCUT2D eigenvalue weighted by atomic mass is 16.5. The molecule has 19 heavy (non-hydrogen) atoms. The normalized spacial score (nSPS) is 34.1. The lowest BCUT2D eigenvalue weighted by atomic mass is 10.0. The number of ether oxygens (including phenoxy) is 1. The maximum absolute atomic E-state index is 5.45. The lowest BCUT2D eigenvalue weighted by Crippen LogP contribution is -2.44. The van der Waals surface area contributed by atoms with Crippen molar-refractivity contribution in [2.45, 2.75) is 31.7 Å². The van der Waals surface area contributed by atoms with E-state index in [1.807, 2.05) is 0 Å². The minimum absolute atomic E-state index is 0.803. The zero-order valence-electron chi connectivity index (χ0n) is 12.1. The smallest absolute Gasteiger partial charge is 0.0594 e. The molecule has 0 saturated carbocycles. The fraction of sp³-hybridized carbons (Fsp3) is 1.00. The van der Waals surface area contributed by atoms with Gasteiger partial charge in [-0.05, 0) is 57.8 Å². The number of hydrogen-bond donors (Lipinski definition) is 1. The zero-order chi connectivity index (χ0) is 12.9. The third-order valence-electron chi connectivity index (χ3n) is 5.06. The Labute approximate surface area is 117 Å². The predicted molar refractivity (Wildman–Crippen MR) is 77.4 cm³/mol. The van der Waals surface area contributed by atoms with Gasteiger partial charge in [-0.25, -0.2) is 0 Å². The maximum atomic E-state index is 5.45. The van der Waals surface area contributed by atoms with E-state index in [1.165, 1.54) is 58.4 Å². The Kier molecular flexibility index (Phi) is 5.10. The second kappa shape index (κ2) is 7.02. The molecule has 0 amide bonds. The Balaban J connectivity index is 1.32. The molecular formula is C15H29N3O. The van der Waals surface area contributed by atoms with E-state index >= 15 is 0 Å². The van der Waals surface area contributed by atoms with Gasteiger partial charge in [0.05, 0.1) is 13.2 Å². The van der Waals surface area contributed by atoms with Crippen molar-refractivity contribution in [2.75, 3.05) is 59.0 Å². The number of nitrogens with one attached hydrogen (secondary N) is 1. The van der Waals surface area contributed by atoms with E-state index < -0.39 is 0 Å². The minimum atomic E-state index is 0.803. The Hall–Kier alpha value is -0.160. The highest BCUT2D eigenvalue weighted by Crippen LogP contribution is 2.19. The SMILES string of the molecule is C(CC1CCNC1)CN1CCC(N2CCOCC2)C1. The summed E-state index contributed by atoms with van der Waals surface area (Å²) in [7, 11) is 0. The molecule has 0 aromatic rings. The molecule has 3 saturated heterocycles. The van der Waals surface area contributed by atoms with E-state index in [9.17, 15) is 0 Å². The second-order valence-corrected chi connectivity index (χ2v) is 6.39. The molecule has 0 bridgehead atoms. The van der Waals surface area contributed by atoms with Crippen LogP contribution in [0.15, 0.2) is 0 Å². The van der Waals surface area contributed by atoms with Crippen molar-refractivity contribution >= 4 is 0 Å². The largest absolute Gasteiger partial charge is 0.379 e. The molecular weight excluding hydrogens is 238 g/mol. The summed E-state index contributed by atoms with van der Waals surface area (Å²) in [5.74, 6) is 0.956. The molecule has 0 aliphatic carbocycles. The Morgan fingerprint density at radius 2 is 2.00 bits per heavy atom. The number of hydrogen-bond acceptors (Lipinski definition) is 4. The van der Waals surface area contributed by atoms with Crippen LogP contribution in [-0.2, 0) is 4.74 Å². The molecule has 2 unspecified atom stereocenters. The van der Waals surface area contributed by atoms with Crippen LogP contribution in [0.2, 0.25) is 0 Å². The van der Waals surface area contributed by atoms with Gasteiger partial charge in [0.15, 0.2) is 0 Å². The van der Waals surface area contributed by atoms with Gasteiger partial charge >= 0.3 is 0 Å². The molecule has 0 aromatic heterocycles. The molecule has 3 rings (SSSR count). The van der Waals surface area contributed by atoms with Gasteiger partial charge < -0.3 is 15.0 Å². The van der Waals surface area contributed by atoms with Gasteiger partial charge in [0.25, 0.3) is 0 Å². The molecule has 4 nitrogen and oxygen atoms in total. The number of rotatable bonds is 5. The van der Waals surface area contributed by atoms with Crippen LogP contribution < -0.4 is 5.32 Å². The monoisotopic (exact) mass is 267 g/mol. The molecule has 110 valence electrons. The zero-order valence-corrected chi connectivity index (χ0v) is 12.1. The molecule has 0 aromatic carbocycles. The fourth-order valence-corrected chi connectivity index (χ4v) is 3.82. The first-order valence-electron chi connectivity index (χ1n) is 8.17. The van der Waals surface area contributed by atoms with E-state index in [0.29, 0.717) is 0 Å². The molecule has 3 heterocycles. The van der Waals surface area contributed by atoms with E-state index in [0.717, 1.165) is 38.3 Å². The number of morpholine rings is 1. The standard InChI is InChI=1S/C15H29N3O/c1(2-14-3-5-16-12-14)6-17-7-4-15(13-17)18-8-10-19-11-9-18/h14-16H,1-13H2. The van der Waals surface area contributed by atoms with E-state index in [-0.39, 0.29) is 0 Å². The first kappa shape index (κ1) is 13.8. The van der Waals surface area contributed by atoms with Crippen molar-refractivity contribution < 1.29 is 4.74 Å². The van der Waals surface area contributed by atoms with Gasteiger partial charge in [0, 0.05) is 25.7 Å². The highest BCUT2D eigenvalue weighted by Gasteiger charge is 2.28. The van der Waals surface area contributed by atoms with Crippen molar-refractivity contribution in [1.29, 1.82) is 0 Å². The third-order valence-corrected chi connectivity index (χ3v) is 5.06. The van der Waals surface area contributed by atoms with Gasteiger partial charge in [-0.3, -0.25) is 4.90 Å². The van der Waals surface area contributed by atoms with Gasteiger partial charge in [0.1, 0.15) is 0 Å². The van der Waals surface area contributed by atoms with Gasteiger partial charge in [-0.2, -0.15) is 0 Å². The summed E-state index contributed by atoms with van der Waals surface area (Å²) in [6.07, 6.45) is 5.58. The Bertz CT molecular complexity index is 262. The summed E-state index contributed by atoms with van der Waals surface area (Å²) in [5.41, 5.74) is 0. The third kappa shape index (κ3) is 3.91. The number of nitrogens with zero attached hydrogens (tertiary/aromatic N) is 2.